The number of aryl methyl sites for hydroxylation is 1. The minimum Gasteiger partial charge on any atom is -0.278 e. The molecule has 1 heterocycles. The van der Waals surface area contributed by atoms with Crippen LogP contribution in [0.5, 0.6) is 0 Å². The molecule has 0 amide bonds. The second-order valence-corrected chi connectivity index (χ2v) is 7.61. The van der Waals surface area contributed by atoms with Crippen LogP contribution in [-0.2, 0) is 17.1 Å². The van der Waals surface area contributed by atoms with Crippen LogP contribution in [0.15, 0.2) is 35.5 Å². The van der Waals surface area contributed by atoms with Crippen molar-refractivity contribution in [2.75, 3.05) is 4.72 Å². The highest BCUT2D eigenvalue weighted by molar-refractivity contribution is 9.09. The van der Waals surface area contributed by atoms with E-state index in [0.29, 0.717) is 5.69 Å². The molecule has 0 radical (unpaired) electrons. The Morgan fingerprint density at radius 2 is 2.05 bits per heavy atom. The summed E-state index contributed by atoms with van der Waals surface area (Å²) in [6, 6.07) is 7.17. The molecule has 8 heteroatoms. The fourth-order valence-electron chi connectivity index (χ4n) is 1.83. The van der Waals surface area contributed by atoms with Crippen molar-refractivity contribution < 1.29 is 8.42 Å². The molecule has 0 bridgehead atoms. The lowest BCUT2D eigenvalue weighted by atomic mass is 10.1. The van der Waals surface area contributed by atoms with Crippen LogP contribution in [0.25, 0.3) is 0 Å². The largest absolute Gasteiger partial charge is 0.280 e. The van der Waals surface area contributed by atoms with Gasteiger partial charge in [-0.15, -0.1) is 0 Å². The van der Waals surface area contributed by atoms with Gasteiger partial charge in [0, 0.05) is 11.9 Å². The molecule has 1 unspecified atom stereocenters. The number of para-hydroxylation sites is 1. The van der Waals surface area contributed by atoms with Crippen LogP contribution in [-0.4, -0.2) is 18.2 Å². The fourth-order valence-corrected chi connectivity index (χ4v) is 3.98. The van der Waals surface area contributed by atoms with Gasteiger partial charge in [0.2, 0.25) is 0 Å². The Morgan fingerprint density at radius 1 is 1.40 bits per heavy atom. The van der Waals surface area contributed by atoms with Gasteiger partial charge in [-0.2, -0.15) is 13.5 Å². The zero-order valence-corrected chi connectivity index (χ0v) is 14.0. The SMILES string of the molecule is CC(Br)c1ccccc1NS(=O)(=O)c1c(Cl)cnn1C. The third-order valence-corrected chi connectivity index (χ3v) is 5.09. The number of anilines is 1. The highest BCUT2D eigenvalue weighted by Crippen LogP contribution is 2.31. The molecule has 0 fully saturated rings. The molecule has 1 aromatic carbocycles. The van der Waals surface area contributed by atoms with E-state index in [1.54, 1.807) is 12.1 Å². The summed E-state index contributed by atoms with van der Waals surface area (Å²) in [6.45, 7) is 1.92. The van der Waals surface area contributed by atoms with Gasteiger partial charge in [-0.1, -0.05) is 45.7 Å². The average Bonchev–Trinajstić information content (AvgIpc) is 2.69. The van der Waals surface area contributed by atoms with E-state index in [1.807, 2.05) is 19.1 Å². The monoisotopic (exact) mass is 377 g/mol. The van der Waals surface area contributed by atoms with Gasteiger partial charge in [-0.25, -0.2) is 0 Å². The first-order valence-corrected chi connectivity index (χ1v) is 8.54. The van der Waals surface area contributed by atoms with Crippen LogP contribution in [0, 0.1) is 0 Å². The van der Waals surface area contributed by atoms with Crippen molar-refractivity contribution >= 4 is 43.2 Å². The van der Waals surface area contributed by atoms with Gasteiger partial charge in [0.1, 0.15) is 0 Å². The molecule has 2 rings (SSSR count). The van der Waals surface area contributed by atoms with Crippen LogP contribution >= 0.6 is 27.5 Å². The highest BCUT2D eigenvalue weighted by atomic mass is 79.9. The number of hydrogen-bond acceptors (Lipinski definition) is 3. The Balaban J connectivity index is 2.45. The molecule has 0 aliphatic carbocycles. The zero-order chi connectivity index (χ0) is 14.9. The quantitative estimate of drug-likeness (QED) is 0.830. The van der Waals surface area contributed by atoms with Gasteiger partial charge in [0.05, 0.1) is 16.9 Å². The molecular formula is C12H13BrClN3O2S. The minimum absolute atomic E-state index is 0.0170. The second-order valence-electron chi connectivity index (χ2n) is 4.23. The summed E-state index contributed by atoms with van der Waals surface area (Å²) < 4.78 is 28.6. The van der Waals surface area contributed by atoms with Crippen molar-refractivity contribution in [1.82, 2.24) is 9.78 Å². The van der Waals surface area contributed by atoms with E-state index in [0.717, 1.165) is 5.56 Å². The van der Waals surface area contributed by atoms with Gasteiger partial charge in [-0.3, -0.25) is 9.40 Å². The third kappa shape index (κ3) is 2.99. The molecular weight excluding hydrogens is 366 g/mol. The maximum Gasteiger partial charge on any atom is 0.280 e. The fraction of sp³-hybridized carbons (Fsp3) is 0.250. The standard InChI is InChI=1S/C12H13BrClN3O2S/c1-8(13)9-5-3-4-6-11(9)16-20(18,19)12-10(14)7-15-17(12)2/h3-8,16H,1-2H3. The molecule has 1 atom stereocenters. The Labute approximate surface area is 131 Å². The summed E-state index contributed by atoms with van der Waals surface area (Å²) in [5.41, 5.74) is 1.35. The topological polar surface area (TPSA) is 64.0 Å². The van der Waals surface area contributed by atoms with Crippen molar-refractivity contribution in [3.63, 3.8) is 0 Å². The molecule has 0 spiro atoms. The summed E-state index contributed by atoms with van der Waals surface area (Å²) in [5.74, 6) is 0. The van der Waals surface area contributed by atoms with Gasteiger partial charge in [0.15, 0.2) is 5.03 Å². The molecule has 0 saturated heterocycles. The molecule has 0 aliphatic heterocycles. The van der Waals surface area contributed by atoms with E-state index in [1.165, 1.54) is 17.9 Å². The number of nitrogens with one attached hydrogen (secondary N) is 1. The number of nitrogens with zero attached hydrogens (tertiary/aromatic N) is 2. The van der Waals surface area contributed by atoms with Crippen molar-refractivity contribution in [3.05, 3.63) is 41.0 Å². The zero-order valence-electron chi connectivity index (χ0n) is 10.8. The molecule has 20 heavy (non-hydrogen) atoms. The molecule has 2 aromatic rings. The molecule has 0 aliphatic rings. The van der Waals surface area contributed by atoms with Crippen molar-refractivity contribution in [1.29, 1.82) is 0 Å². The predicted molar refractivity (Wildman–Crippen MR) is 82.8 cm³/mol. The Hall–Kier alpha value is -1.05. The first-order chi connectivity index (χ1) is 9.33. The van der Waals surface area contributed by atoms with Crippen LogP contribution in [0.3, 0.4) is 0 Å². The van der Waals surface area contributed by atoms with Gasteiger partial charge in [0.25, 0.3) is 10.0 Å². The number of rotatable bonds is 4. The molecule has 1 aromatic heterocycles. The summed E-state index contributed by atoms with van der Waals surface area (Å²) in [6.07, 6.45) is 1.30. The number of aromatic nitrogens is 2. The molecule has 5 nitrogen and oxygen atoms in total. The summed E-state index contributed by atoms with van der Waals surface area (Å²) in [4.78, 5) is 0.0170. The Bertz CT molecular complexity index is 709. The van der Waals surface area contributed by atoms with Gasteiger partial charge < -0.3 is 0 Å². The van der Waals surface area contributed by atoms with Crippen LogP contribution in [0.4, 0.5) is 5.69 Å². The van der Waals surface area contributed by atoms with Crippen molar-refractivity contribution in [2.24, 2.45) is 7.05 Å². The Morgan fingerprint density at radius 3 is 2.60 bits per heavy atom. The lowest BCUT2D eigenvalue weighted by molar-refractivity contribution is 0.582. The second kappa shape index (κ2) is 5.75. The van der Waals surface area contributed by atoms with Crippen molar-refractivity contribution in [2.45, 2.75) is 16.8 Å². The molecule has 108 valence electrons. The molecule has 1 N–H and O–H groups in total. The highest BCUT2D eigenvalue weighted by Gasteiger charge is 2.24. The van der Waals surface area contributed by atoms with E-state index < -0.39 is 10.0 Å². The van der Waals surface area contributed by atoms with E-state index >= 15 is 0 Å². The van der Waals surface area contributed by atoms with E-state index in [-0.39, 0.29) is 14.9 Å². The summed E-state index contributed by atoms with van der Waals surface area (Å²) in [7, 11) is -2.26. The predicted octanol–water partition coefficient (Wildman–Crippen LogP) is 3.33. The summed E-state index contributed by atoms with van der Waals surface area (Å²) in [5, 5.41) is 3.87. The maximum absolute atomic E-state index is 12.4. The number of sulfonamides is 1. The number of alkyl halides is 1. The number of halogens is 2. The van der Waals surface area contributed by atoms with E-state index in [9.17, 15) is 8.42 Å². The van der Waals surface area contributed by atoms with Crippen LogP contribution in [0.1, 0.15) is 17.3 Å². The number of benzene rings is 1. The number of hydrogen-bond donors (Lipinski definition) is 1. The van der Waals surface area contributed by atoms with Crippen LogP contribution < -0.4 is 4.72 Å². The maximum atomic E-state index is 12.4. The smallest absolute Gasteiger partial charge is 0.278 e. The Kier molecular flexibility index (Phi) is 4.41. The lowest BCUT2D eigenvalue weighted by Crippen LogP contribution is -2.18. The normalized spacial score (nSPS) is 13.2. The van der Waals surface area contributed by atoms with Gasteiger partial charge >= 0.3 is 0 Å². The summed E-state index contributed by atoms with van der Waals surface area (Å²) >= 11 is 9.33. The third-order valence-electron chi connectivity index (χ3n) is 2.73. The lowest BCUT2D eigenvalue weighted by Gasteiger charge is -2.14. The van der Waals surface area contributed by atoms with Gasteiger partial charge in [-0.05, 0) is 18.6 Å². The first kappa shape index (κ1) is 15.3. The average molecular weight is 379 g/mol. The molecule has 0 saturated carbocycles. The minimum atomic E-state index is -3.79. The van der Waals surface area contributed by atoms with E-state index in [2.05, 4.69) is 25.8 Å². The first-order valence-electron chi connectivity index (χ1n) is 5.76. The van der Waals surface area contributed by atoms with Crippen molar-refractivity contribution in [3.8, 4) is 0 Å². The van der Waals surface area contributed by atoms with E-state index in [4.69, 9.17) is 11.6 Å². The van der Waals surface area contributed by atoms with Crippen LogP contribution in [0.2, 0.25) is 5.02 Å².